The summed E-state index contributed by atoms with van der Waals surface area (Å²) in [4.78, 5) is 26.7. The van der Waals surface area contributed by atoms with Crippen LogP contribution in [0.5, 0.6) is 5.75 Å². The third kappa shape index (κ3) is 4.22. The van der Waals surface area contributed by atoms with Crippen molar-refractivity contribution in [3.63, 3.8) is 0 Å². The molecular weight excluding hydrogens is 280 g/mol. The maximum absolute atomic E-state index is 12.1. The Kier molecular flexibility index (Phi) is 4.99. The molecule has 5 nitrogen and oxygen atoms in total. The maximum Gasteiger partial charge on any atom is 0.256 e. The van der Waals surface area contributed by atoms with Crippen molar-refractivity contribution in [3.05, 3.63) is 63.6 Å². The van der Waals surface area contributed by atoms with Gasteiger partial charge >= 0.3 is 0 Å². The monoisotopic (exact) mass is 300 g/mol. The molecule has 0 spiro atoms. The second-order valence-corrected chi connectivity index (χ2v) is 5.47. The molecule has 0 radical (unpaired) electrons. The largest absolute Gasteiger partial charge is 0.508 e. The number of H-pyrrole nitrogens is 1. The minimum Gasteiger partial charge on any atom is -0.508 e. The fourth-order valence-electron chi connectivity index (χ4n) is 2.17. The van der Waals surface area contributed by atoms with Gasteiger partial charge < -0.3 is 15.4 Å². The van der Waals surface area contributed by atoms with Crippen molar-refractivity contribution in [2.24, 2.45) is 0 Å². The lowest BCUT2D eigenvalue weighted by Gasteiger charge is -2.13. The molecule has 2 aromatic rings. The van der Waals surface area contributed by atoms with Crippen LogP contribution < -0.4 is 10.7 Å². The Morgan fingerprint density at radius 2 is 2.00 bits per heavy atom. The number of aromatic amines is 1. The average Bonchev–Trinajstić information content (AvgIpc) is 2.46. The van der Waals surface area contributed by atoms with E-state index in [0.29, 0.717) is 0 Å². The highest BCUT2D eigenvalue weighted by atomic mass is 16.3. The summed E-state index contributed by atoms with van der Waals surface area (Å²) in [7, 11) is 0. The molecule has 1 amide bonds. The molecule has 0 aliphatic heterocycles. The van der Waals surface area contributed by atoms with Crippen LogP contribution in [0.2, 0.25) is 0 Å². The molecule has 0 aliphatic carbocycles. The Balaban J connectivity index is 1.91. The number of hydrogen-bond acceptors (Lipinski definition) is 3. The lowest BCUT2D eigenvalue weighted by molar-refractivity contribution is 0.0937. The molecule has 1 heterocycles. The fraction of sp³-hybridized carbons (Fsp3) is 0.294. The van der Waals surface area contributed by atoms with Crippen LogP contribution in [0.3, 0.4) is 0 Å². The average molecular weight is 300 g/mol. The SMILES string of the molecule is Cc1cc(=O)c(C(=O)N[C@H](C)CCc2ccc(O)cc2)c[nH]1. The van der Waals surface area contributed by atoms with Crippen molar-refractivity contribution in [1.82, 2.24) is 10.3 Å². The number of phenolic OH excluding ortho intramolecular Hbond substituents is 1. The number of benzene rings is 1. The van der Waals surface area contributed by atoms with Crippen LogP contribution in [0, 0.1) is 6.92 Å². The summed E-state index contributed by atoms with van der Waals surface area (Å²) in [6, 6.07) is 8.36. The van der Waals surface area contributed by atoms with Crippen molar-refractivity contribution >= 4 is 5.91 Å². The van der Waals surface area contributed by atoms with Crippen molar-refractivity contribution in [2.75, 3.05) is 0 Å². The van der Waals surface area contributed by atoms with Gasteiger partial charge in [0, 0.05) is 24.0 Å². The first kappa shape index (κ1) is 15.8. The van der Waals surface area contributed by atoms with Crippen LogP contribution in [-0.2, 0) is 6.42 Å². The van der Waals surface area contributed by atoms with Crippen molar-refractivity contribution in [1.29, 1.82) is 0 Å². The van der Waals surface area contributed by atoms with Gasteiger partial charge in [-0.1, -0.05) is 12.1 Å². The number of carbonyl (C=O) groups is 1. The first-order valence-corrected chi connectivity index (χ1v) is 7.24. The van der Waals surface area contributed by atoms with Gasteiger partial charge in [-0.2, -0.15) is 0 Å². The summed E-state index contributed by atoms with van der Waals surface area (Å²) >= 11 is 0. The lowest BCUT2D eigenvalue weighted by atomic mass is 10.1. The second-order valence-electron chi connectivity index (χ2n) is 5.47. The standard InChI is InChI=1S/C17H20N2O3/c1-11(3-4-13-5-7-14(20)8-6-13)19-17(22)15-10-18-12(2)9-16(15)21/h5-11,20H,3-4H2,1-2H3,(H,18,21)(H,19,22)/t11-/m1/s1. The summed E-state index contributed by atoms with van der Waals surface area (Å²) in [6.07, 6.45) is 2.98. The highest BCUT2D eigenvalue weighted by Gasteiger charge is 2.13. The number of amides is 1. The predicted octanol–water partition coefficient (Wildman–Crippen LogP) is 2.14. The maximum atomic E-state index is 12.1. The molecule has 2 rings (SSSR count). The minimum atomic E-state index is -0.362. The molecule has 1 atom stereocenters. The van der Waals surface area contributed by atoms with Crippen LogP contribution in [0.4, 0.5) is 0 Å². The summed E-state index contributed by atoms with van der Waals surface area (Å²) in [6.45, 7) is 3.67. The van der Waals surface area contributed by atoms with Gasteiger partial charge in [-0.3, -0.25) is 9.59 Å². The van der Waals surface area contributed by atoms with E-state index in [1.165, 1.54) is 12.3 Å². The predicted molar refractivity (Wildman–Crippen MR) is 85.2 cm³/mol. The van der Waals surface area contributed by atoms with Crippen LogP contribution in [0.1, 0.15) is 35.0 Å². The molecule has 0 bridgehead atoms. The van der Waals surface area contributed by atoms with Crippen molar-refractivity contribution in [2.45, 2.75) is 32.7 Å². The molecule has 5 heteroatoms. The summed E-state index contributed by atoms with van der Waals surface area (Å²) in [5, 5.41) is 12.1. The highest BCUT2D eigenvalue weighted by Crippen LogP contribution is 2.12. The summed E-state index contributed by atoms with van der Waals surface area (Å²) in [5.41, 5.74) is 1.66. The van der Waals surface area contributed by atoms with E-state index >= 15 is 0 Å². The highest BCUT2D eigenvalue weighted by molar-refractivity contribution is 5.93. The fourth-order valence-corrected chi connectivity index (χ4v) is 2.17. The van der Waals surface area contributed by atoms with Gasteiger partial charge in [0.25, 0.3) is 5.91 Å². The number of nitrogens with one attached hydrogen (secondary N) is 2. The van der Waals surface area contributed by atoms with Gasteiger partial charge in [-0.25, -0.2) is 0 Å². The Bertz CT molecular complexity index is 705. The van der Waals surface area contributed by atoms with Gasteiger partial charge in [0.15, 0.2) is 5.43 Å². The van der Waals surface area contributed by atoms with E-state index in [1.54, 1.807) is 19.1 Å². The molecule has 116 valence electrons. The zero-order valence-corrected chi connectivity index (χ0v) is 12.7. The number of rotatable bonds is 5. The Morgan fingerprint density at radius 1 is 1.32 bits per heavy atom. The van der Waals surface area contributed by atoms with E-state index in [0.717, 1.165) is 24.1 Å². The van der Waals surface area contributed by atoms with Gasteiger partial charge in [0.05, 0.1) is 0 Å². The third-order valence-electron chi connectivity index (χ3n) is 3.48. The minimum absolute atomic E-state index is 0.0537. The van der Waals surface area contributed by atoms with E-state index in [1.807, 2.05) is 19.1 Å². The molecular formula is C17H20N2O3. The Labute approximate surface area is 129 Å². The van der Waals surface area contributed by atoms with Crippen LogP contribution >= 0.6 is 0 Å². The van der Waals surface area contributed by atoms with Gasteiger partial charge in [-0.05, 0) is 44.4 Å². The Hall–Kier alpha value is -2.56. The van der Waals surface area contributed by atoms with E-state index in [4.69, 9.17) is 0 Å². The second kappa shape index (κ2) is 6.93. The molecule has 0 saturated heterocycles. The lowest BCUT2D eigenvalue weighted by Crippen LogP contribution is -2.35. The van der Waals surface area contributed by atoms with Crippen LogP contribution in [0.25, 0.3) is 0 Å². The van der Waals surface area contributed by atoms with Gasteiger partial charge in [0.2, 0.25) is 0 Å². The zero-order chi connectivity index (χ0) is 16.1. The smallest absolute Gasteiger partial charge is 0.256 e. The van der Waals surface area contributed by atoms with Crippen LogP contribution in [0.15, 0.2) is 41.3 Å². The molecule has 1 aromatic carbocycles. The normalized spacial score (nSPS) is 11.9. The summed E-state index contributed by atoms with van der Waals surface area (Å²) in [5.74, 6) is -0.122. The number of aromatic nitrogens is 1. The number of aromatic hydroxyl groups is 1. The number of phenols is 1. The van der Waals surface area contributed by atoms with Crippen molar-refractivity contribution < 1.29 is 9.90 Å². The molecule has 0 unspecified atom stereocenters. The third-order valence-corrected chi connectivity index (χ3v) is 3.48. The van der Waals surface area contributed by atoms with E-state index in [2.05, 4.69) is 10.3 Å². The van der Waals surface area contributed by atoms with Crippen LogP contribution in [-0.4, -0.2) is 22.0 Å². The first-order chi connectivity index (χ1) is 10.5. The molecule has 3 N–H and O–H groups in total. The molecule has 0 saturated carbocycles. The molecule has 1 aromatic heterocycles. The number of carbonyl (C=O) groups excluding carboxylic acids is 1. The van der Waals surface area contributed by atoms with E-state index < -0.39 is 0 Å². The van der Waals surface area contributed by atoms with E-state index in [9.17, 15) is 14.7 Å². The zero-order valence-electron chi connectivity index (χ0n) is 12.7. The number of hydrogen-bond donors (Lipinski definition) is 3. The molecule has 0 aliphatic rings. The Morgan fingerprint density at radius 3 is 2.64 bits per heavy atom. The quantitative estimate of drug-likeness (QED) is 0.791. The van der Waals surface area contributed by atoms with Crippen molar-refractivity contribution in [3.8, 4) is 5.75 Å². The van der Waals surface area contributed by atoms with Gasteiger partial charge in [-0.15, -0.1) is 0 Å². The molecule has 22 heavy (non-hydrogen) atoms. The molecule has 0 fully saturated rings. The summed E-state index contributed by atoms with van der Waals surface area (Å²) < 4.78 is 0. The topological polar surface area (TPSA) is 82.2 Å². The number of pyridine rings is 1. The number of aryl methyl sites for hydroxylation is 2. The van der Waals surface area contributed by atoms with E-state index in [-0.39, 0.29) is 28.7 Å². The first-order valence-electron chi connectivity index (χ1n) is 7.24. The van der Waals surface area contributed by atoms with Gasteiger partial charge in [0.1, 0.15) is 11.3 Å².